The van der Waals surface area contributed by atoms with Crippen molar-refractivity contribution in [3.8, 4) is 22.4 Å². The second-order valence-corrected chi connectivity index (χ2v) is 15.8. The first-order valence-corrected chi connectivity index (χ1v) is 19.8. The molecule has 0 unspecified atom stereocenters. The van der Waals surface area contributed by atoms with Crippen LogP contribution in [0.2, 0.25) is 0 Å². The van der Waals surface area contributed by atoms with Crippen LogP contribution in [0, 0.1) is 0 Å². The lowest BCUT2D eigenvalue weighted by molar-refractivity contribution is -0.143. The fourth-order valence-corrected chi connectivity index (χ4v) is 8.02. The molecule has 0 bridgehead atoms. The number of morpholine rings is 1. The summed E-state index contributed by atoms with van der Waals surface area (Å²) in [6.45, 7) is 2.65. The number of alkyl carbamates (subject to hydrolysis) is 1. The first-order chi connectivity index (χ1) is 26.7. The highest BCUT2D eigenvalue weighted by atomic mass is 32.2. The molecule has 2 aliphatic heterocycles. The van der Waals surface area contributed by atoms with Crippen molar-refractivity contribution in [2.75, 3.05) is 56.8 Å². The molecule has 2 saturated heterocycles. The lowest BCUT2D eigenvalue weighted by Gasteiger charge is -2.36. The molecule has 3 amide bonds. The molecule has 7 rings (SSSR count). The Morgan fingerprint density at radius 3 is 2.20 bits per heavy atom. The molecule has 0 aliphatic carbocycles. The number of aromatic amines is 1. The van der Waals surface area contributed by atoms with E-state index in [0.717, 1.165) is 27.9 Å². The van der Waals surface area contributed by atoms with Crippen molar-refractivity contribution >= 4 is 33.4 Å². The van der Waals surface area contributed by atoms with E-state index >= 15 is 0 Å². The predicted molar refractivity (Wildman–Crippen MR) is 208 cm³/mol. The number of hydrogen-bond acceptors (Lipinski definition) is 9. The van der Waals surface area contributed by atoms with Crippen LogP contribution in [0.15, 0.2) is 109 Å². The van der Waals surface area contributed by atoms with Crippen molar-refractivity contribution in [1.82, 2.24) is 25.1 Å². The van der Waals surface area contributed by atoms with E-state index < -0.39 is 28.0 Å². The highest BCUT2D eigenvalue weighted by molar-refractivity contribution is 7.91. The predicted octanol–water partition coefficient (Wildman–Crippen LogP) is 5.22. The van der Waals surface area contributed by atoms with Gasteiger partial charge in [0, 0.05) is 37.4 Å². The monoisotopic (exact) mass is 762 g/mol. The minimum Gasteiger partial charge on any atom is -0.453 e. The van der Waals surface area contributed by atoms with Gasteiger partial charge >= 0.3 is 6.09 Å². The summed E-state index contributed by atoms with van der Waals surface area (Å²) in [4.78, 5) is 51.0. The summed E-state index contributed by atoms with van der Waals surface area (Å²) in [5.74, 6) is 0.438. The number of nitrogens with one attached hydrogen (secondary N) is 3. The number of aromatic nitrogens is 2. The molecule has 14 heteroatoms. The Bertz CT molecular complexity index is 2210. The highest BCUT2D eigenvalue weighted by Gasteiger charge is 2.36. The SMILES string of the molecule is COC(=O)N[C@H](C(=O)N1CCOC[C@H]1c1ncc(-c2ccc(-c3ccc(C(=O)Nc4ccc(CN5CCS(=O)(=O)CC5)cc4)cc3)cc2)[nH]1)c1ccccc1. The van der Waals surface area contributed by atoms with Crippen LogP contribution in [0.25, 0.3) is 22.4 Å². The van der Waals surface area contributed by atoms with Gasteiger partial charge in [0.2, 0.25) is 0 Å². The van der Waals surface area contributed by atoms with Gasteiger partial charge in [0.15, 0.2) is 9.84 Å². The zero-order valence-corrected chi connectivity index (χ0v) is 31.1. The first-order valence-electron chi connectivity index (χ1n) is 18.0. The number of hydrogen-bond donors (Lipinski definition) is 3. The Kier molecular flexibility index (Phi) is 11.4. The Balaban J connectivity index is 0.972. The van der Waals surface area contributed by atoms with Crippen molar-refractivity contribution in [1.29, 1.82) is 0 Å². The molecule has 284 valence electrons. The van der Waals surface area contributed by atoms with Gasteiger partial charge in [-0.2, -0.15) is 0 Å². The molecule has 0 radical (unpaired) electrons. The standard InChI is InChI=1S/C41H42N6O7S/c1-53-41(50)45-37(32-5-3-2-4-6-32)40(49)47-19-22-54-27-36(47)38-42-25-35(44-38)31-13-9-29(10-14-31)30-11-15-33(16-12-30)39(48)43-34-17-7-28(8-18-34)26-46-20-23-55(51,52)24-21-46/h2-18,25,36-37H,19-24,26-27H2,1H3,(H,42,44)(H,43,48)(H,45,50)/t36-,37-/m0/s1. The fourth-order valence-electron chi connectivity index (χ4n) is 6.74. The van der Waals surface area contributed by atoms with Gasteiger partial charge in [-0.1, -0.05) is 78.9 Å². The van der Waals surface area contributed by atoms with E-state index in [1.54, 1.807) is 35.4 Å². The van der Waals surface area contributed by atoms with Gasteiger partial charge in [0.05, 0.1) is 43.7 Å². The van der Waals surface area contributed by atoms with Gasteiger partial charge < -0.3 is 30.0 Å². The van der Waals surface area contributed by atoms with Crippen LogP contribution in [0.4, 0.5) is 10.5 Å². The van der Waals surface area contributed by atoms with Crippen LogP contribution in [0.3, 0.4) is 0 Å². The maximum Gasteiger partial charge on any atom is 0.407 e. The average Bonchev–Trinajstić information content (AvgIpc) is 3.72. The van der Waals surface area contributed by atoms with Crippen LogP contribution < -0.4 is 10.6 Å². The molecule has 13 nitrogen and oxygen atoms in total. The second kappa shape index (κ2) is 16.7. The van der Waals surface area contributed by atoms with Crippen LogP contribution in [-0.2, 0) is 30.7 Å². The quantitative estimate of drug-likeness (QED) is 0.173. The minimum absolute atomic E-state index is 0.191. The van der Waals surface area contributed by atoms with Crippen LogP contribution in [0.1, 0.15) is 39.4 Å². The zero-order chi connectivity index (χ0) is 38.4. The molecular formula is C41H42N6O7S. The smallest absolute Gasteiger partial charge is 0.407 e. The minimum atomic E-state index is -2.92. The van der Waals surface area contributed by atoms with E-state index in [9.17, 15) is 22.8 Å². The number of sulfone groups is 1. The van der Waals surface area contributed by atoms with E-state index in [0.29, 0.717) is 55.4 Å². The maximum absolute atomic E-state index is 13.9. The molecule has 4 aromatic carbocycles. The third-order valence-corrected chi connectivity index (χ3v) is 11.5. The van der Waals surface area contributed by atoms with Crippen LogP contribution in [0.5, 0.6) is 0 Å². The van der Waals surface area contributed by atoms with Crippen LogP contribution in [-0.4, -0.2) is 97.6 Å². The maximum atomic E-state index is 13.9. The van der Waals surface area contributed by atoms with Gasteiger partial charge in [-0.3, -0.25) is 14.5 Å². The van der Waals surface area contributed by atoms with Crippen molar-refractivity contribution in [3.63, 3.8) is 0 Å². The molecule has 1 aromatic heterocycles. The number of rotatable bonds is 10. The Hall–Kier alpha value is -5.83. The summed E-state index contributed by atoms with van der Waals surface area (Å²) in [5.41, 5.74) is 6.49. The molecule has 3 N–H and O–H groups in total. The van der Waals surface area contributed by atoms with Gasteiger partial charge in [-0.25, -0.2) is 18.2 Å². The van der Waals surface area contributed by atoms with Gasteiger partial charge in [0.25, 0.3) is 11.8 Å². The molecule has 0 spiro atoms. The molecule has 2 atom stereocenters. The summed E-state index contributed by atoms with van der Waals surface area (Å²) in [6, 6.07) is 30.6. The Morgan fingerprint density at radius 1 is 0.873 bits per heavy atom. The lowest BCUT2D eigenvalue weighted by Crippen LogP contribution is -2.49. The second-order valence-electron chi connectivity index (χ2n) is 13.5. The van der Waals surface area contributed by atoms with Gasteiger partial charge in [-0.15, -0.1) is 0 Å². The molecule has 2 fully saturated rings. The summed E-state index contributed by atoms with van der Waals surface area (Å²) in [6.07, 6.45) is 1.02. The Morgan fingerprint density at radius 2 is 1.53 bits per heavy atom. The van der Waals surface area contributed by atoms with Gasteiger partial charge in [0.1, 0.15) is 17.9 Å². The number of benzene rings is 4. The fraction of sp³-hybridized carbons (Fsp3) is 0.268. The van der Waals surface area contributed by atoms with E-state index in [4.69, 9.17) is 9.47 Å². The lowest BCUT2D eigenvalue weighted by atomic mass is 10.0. The molecule has 55 heavy (non-hydrogen) atoms. The molecule has 3 heterocycles. The number of ether oxygens (including phenoxy) is 2. The van der Waals surface area contributed by atoms with Gasteiger partial charge in [-0.05, 0) is 52.1 Å². The molecule has 5 aromatic rings. The number of amides is 3. The van der Waals surface area contributed by atoms with E-state index in [1.807, 2.05) is 78.9 Å². The zero-order valence-electron chi connectivity index (χ0n) is 30.3. The number of methoxy groups -OCH3 is 1. The van der Waals surface area contributed by atoms with Crippen molar-refractivity contribution in [2.45, 2.75) is 18.6 Å². The Labute approximate surface area is 319 Å². The van der Waals surface area contributed by atoms with Crippen molar-refractivity contribution in [3.05, 3.63) is 132 Å². The van der Waals surface area contributed by atoms with E-state index in [-0.39, 0.29) is 29.9 Å². The normalized spacial score (nSPS) is 17.5. The molecular weight excluding hydrogens is 721 g/mol. The molecule has 2 aliphatic rings. The topological polar surface area (TPSA) is 163 Å². The summed E-state index contributed by atoms with van der Waals surface area (Å²) < 4.78 is 34.0. The number of carbonyl (C=O) groups is 3. The summed E-state index contributed by atoms with van der Waals surface area (Å²) in [5, 5.41) is 5.63. The number of carbonyl (C=O) groups excluding carboxylic acids is 3. The van der Waals surface area contributed by atoms with Crippen molar-refractivity contribution < 1.29 is 32.3 Å². The van der Waals surface area contributed by atoms with Crippen molar-refractivity contribution in [2.24, 2.45) is 0 Å². The van der Waals surface area contributed by atoms with E-state index in [2.05, 4.69) is 25.5 Å². The number of anilines is 1. The first kappa shape index (κ1) is 37.5. The average molecular weight is 763 g/mol. The number of H-pyrrole nitrogens is 1. The summed E-state index contributed by atoms with van der Waals surface area (Å²) >= 11 is 0. The third-order valence-electron chi connectivity index (χ3n) is 9.88. The third kappa shape index (κ3) is 9.11. The number of nitrogens with zero attached hydrogens (tertiary/aromatic N) is 3. The number of imidazole rings is 1. The van der Waals surface area contributed by atoms with E-state index in [1.165, 1.54) is 7.11 Å². The summed E-state index contributed by atoms with van der Waals surface area (Å²) in [7, 11) is -1.66. The highest BCUT2D eigenvalue weighted by Crippen LogP contribution is 2.30. The van der Waals surface area contributed by atoms with Crippen LogP contribution >= 0.6 is 0 Å². The largest absolute Gasteiger partial charge is 0.453 e. The molecule has 0 saturated carbocycles.